The molecule has 32 heavy (non-hydrogen) atoms. The fourth-order valence-corrected chi connectivity index (χ4v) is 4.02. The largest absolute Gasteiger partial charge is 0.378 e. The van der Waals surface area contributed by atoms with Crippen LogP contribution in [0.1, 0.15) is 30.9 Å². The Morgan fingerprint density at radius 2 is 1.94 bits per heavy atom. The van der Waals surface area contributed by atoms with E-state index in [1.54, 1.807) is 0 Å². The summed E-state index contributed by atoms with van der Waals surface area (Å²) in [7, 11) is 0. The van der Waals surface area contributed by atoms with E-state index in [9.17, 15) is 4.79 Å². The molecule has 4 rings (SSSR count). The number of rotatable bonds is 7. The lowest BCUT2D eigenvalue weighted by atomic mass is 10.2. The van der Waals surface area contributed by atoms with Crippen molar-refractivity contribution in [1.29, 1.82) is 0 Å². The van der Waals surface area contributed by atoms with Crippen molar-refractivity contribution in [3.63, 3.8) is 0 Å². The Bertz CT molecular complexity index is 924. The molecule has 1 amide bonds. The second-order valence-corrected chi connectivity index (χ2v) is 7.95. The Morgan fingerprint density at radius 1 is 1.12 bits per heavy atom. The number of hydrogen-bond donors (Lipinski definition) is 2. The summed E-state index contributed by atoms with van der Waals surface area (Å²) >= 11 is 0. The molecule has 0 saturated carbocycles. The first-order chi connectivity index (χ1) is 15.7. The van der Waals surface area contributed by atoms with Crippen LogP contribution in [0.25, 0.3) is 0 Å². The predicted molar refractivity (Wildman–Crippen MR) is 127 cm³/mol. The van der Waals surface area contributed by atoms with E-state index in [4.69, 9.17) is 9.73 Å². The molecule has 0 radical (unpaired) electrons. The zero-order valence-corrected chi connectivity index (χ0v) is 18.7. The molecule has 0 atom stereocenters. The number of carbonyl (C=O) groups is 1. The maximum absolute atomic E-state index is 11.9. The summed E-state index contributed by atoms with van der Waals surface area (Å²) in [4.78, 5) is 25.4. The summed E-state index contributed by atoms with van der Waals surface area (Å²) in [5, 5.41) is 6.75. The van der Waals surface area contributed by atoms with Gasteiger partial charge in [-0.15, -0.1) is 0 Å². The lowest BCUT2D eigenvalue weighted by Crippen LogP contribution is -2.39. The number of hydrogen-bond acceptors (Lipinski definition) is 5. The molecule has 2 saturated heterocycles. The van der Waals surface area contributed by atoms with Crippen molar-refractivity contribution in [3.05, 3.63) is 53.7 Å². The molecular formula is C24H32N6O2. The number of morpholine rings is 1. The Hall–Kier alpha value is -3.13. The molecule has 0 aliphatic carbocycles. The zero-order valence-electron chi connectivity index (χ0n) is 18.7. The Kier molecular flexibility index (Phi) is 7.55. The Morgan fingerprint density at radius 3 is 2.66 bits per heavy atom. The van der Waals surface area contributed by atoms with Gasteiger partial charge in [0.2, 0.25) is 5.91 Å². The quantitative estimate of drug-likeness (QED) is 0.512. The van der Waals surface area contributed by atoms with Crippen LogP contribution in [0.3, 0.4) is 0 Å². The summed E-state index contributed by atoms with van der Waals surface area (Å²) in [6, 6.07) is 12.2. The smallest absolute Gasteiger partial charge is 0.227 e. The lowest BCUT2D eigenvalue weighted by molar-refractivity contribution is -0.117. The Labute approximate surface area is 189 Å². The number of aliphatic imine (C=N–C) groups is 1. The van der Waals surface area contributed by atoms with Crippen molar-refractivity contribution in [2.45, 2.75) is 32.9 Å². The lowest BCUT2D eigenvalue weighted by Gasteiger charge is -2.29. The van der Waals surface area contributed by atoms with Gasteiger partial charge in [-0.3, -0.25) is 4.79 Å². The number of aromatic nitrogens is 1. The summed E-state index contributed by atoms with van der Waals surface area (Å²) < 4.78 is 5.47. The van der Waals surface area contributed by atoms with Gasteiger partial charge in [-0.05, 0) is 37.1 Å². The third kappa shape index (κ3) is 5.56. The van der Waals surface area contributed by atoms with Gasteiger partial charge in [0.25, 0.3) is 0 Å². The van der Waals surface area contributed by atoms with Gasteiger partial charge in [0, 0.05) is 56.6 Å². The molecule has 2 aromatic rings. The molecule has 8 nitrogen and oxygen atoms in total. The first-order valence-electron chi connectivity index (χ1n) is 11.4. The molecule has 2 N–H and O–H groups in total. The number of nitrogens with one attached hydrogen (secondary N) is 2. The summed E-state index contributed by atoms with van der Waals surface area (Å²) in [5.74, 6) is 1.98. The molecule has 0 bridgehead atoms. The van der Waals surface area contributed by atoms with Gasteiger partial charge in [0.15, 0.2) is 5.96 Å². The van der Waals surface area contributed by atoms with Gasteiger partial charge >= 0.3 is 0 Å². The van der Waals surface area contributed by atoms with Crippen molar-refractivity contribution in [2.24, 2.45) is 4.99 Å². The molecule has 3 heterocycles. The van der Waals surface area contributed by atoms with Gasteiger partial charge in [-0.2, -0.15) is 0 Å². The first kappa shape index (κ1) is 22.1. The highest BCUT2D eigenvalue weighted by Gasteiger charge is 2.21. The van der Waals surface area contributed by atoms with Crippen molar-refractivity contribution in [1.82, 2.24) is 15.6 Å². The molecule has 0 unspecified atom stereocenters. The van der Waals surface area contributed by atoms with E-state index >= 15 is 0 Å². The van der Waals surface area contributed by atoms with Gasteiger partial charge in [-0.25, -0.2) is 9.98 Å². The molecule has 0 spiro atoms. The van der Waals surface area contributed by atoms with E-state index in [1.165, 1.54) is 0 Å². The summed E-state index contributed by atoms with van der Waals surface area (Å²) in [6.45, 7) is 8.04. The number of ether oxygens (including phenoxy) is 1. The average Bonchev–Trinajstić information content (AvgIpc) is 3.28. The van der Waals surface area contributed by atoms with Gasteiger partial charge < -0.3 is 25.2 Å². The van der Waals surface area contributed by atoms with Gasteiger partial charge in [0.05, 0.1) is 19.8 Å². The molecular weight excluding hydrogens is 404 g/mol. The number of nitrogens with zero attached hydrogens (tertiary/aromatic N) is 4. The van der Waals surface area contributed by atoms with Crippen LogP contribution in [0.5, 0.6) is 0 Å². The number of guanidine groups is 1. The summed E-state index contributed by atoms with van der Waals surface area (Å²) in [6.07, 6.45) is 3.42. The topological polar surface area (TPSA) is 82.1 Å². The highest BCUT2D eigenvalue weighted by molar-refractivity contribution is 5.95. The normalized spacial score (nSPS) is 17.0. The van der Waals surface area contributed by atoms with Crippen LogP contribution in [-0.2, 0) is 22.6 Å². The standard InChI is InChI=1S/C24H32N6O2/c1-2-25-24(27-17-19-7-9-21(10-8-19)30-12-4-6-22(30)31)28-18-20-5-3-11-26-23(20)29-13-15-32-16-14-29/h3,5,7-11H,2,4,6,12-18H2,1H3,(H2,25,27,28). The predicted octanol–water partition coefficient (Wildman–Crippen LogP) is 2.30. The van der Waals surface area contributed by atoms with E-state index in [-0.39, 0.29) is 5.91 Å². The van der Waals surface area contributed by atoms with Crippen molar-refractivity contribution < 1.29 is 9.53 Å². The van der Waals surface area contributed by atoms with Crippen molar-refractivity contribution in [3.8, 4) is 0 Å². The van der Waals surface area contributed by atoms with Crippen LogP contribution < -0.4 is 20.4 Å². The van der Waals surface area contributed by atoms with E-state index in [1.807, 2.05) is 41.4 Å². The molecule has 170 valence electrons. The second-order valence-electron chi connectivity index (χ2n) is 7.95. The molecule has 2 aliphatic rings. The maximum atomic E-state index is 11.9. The minimum atomic E-state index is 0.209. The number of pyridine rings is 1. The fraction of sp³-hybridized carbons (Fsp3) is 0.458. The molecule has 1 aromatic heterocycles. The monoisotopic (exact) mass is 436 g/mol. The highest BCUT2D eigenvalue weighted by Crippen LogP contribution is 2.22. The van der Waals surface area contributed by atoms with E-state index in [2.05, 4.69) is 33.5 Å². The average molecular weight is 437 g/mol. The Balaban J connectivity index is 1.38. The zero-order chi connectivity index (χ0) is 22.2. The van der Waals surface area contributed by atoms with Gasteiger partial charge in [0.1, 0.15) is 5.82 Å². The van der Waals surface area contributed by atoms with E-state index < -0.39 is 0 Å². The number of anilines is 2. The van der Waals surface area contributed by atoms with Crippen molar-refractivity contribution in [2.75, 3.05) is 49.2 Å². The van der Waals surface area contributed by atoms with E-state index in [0.29, 0.717) is 19.5 Å². The SMILES string of the molecule is CCNC(=NCc1ccc(N2CCCC2=O)cc1)NCc1cccnc1N1CCOCC1. The number of amides is 1. The van der Waals surface area contributed by atoms with Crippen LogP contribution >= 0.6 is 0 Å². The molecule has 2 fully saturated rings. The maximum Gasteiger partial charge on any atom is 0.227 e. The van der Waals surface area contributed by atoms with Crippen LogP contribution in [0.4, 0.5) is 11.5 Å². The minimum absolute atomic E-state index is 0.209. The minimum Gasteiger partial charge on any atom is -0.378 e. The number of carbonyl (C=O) groups excluding carboxylic acids is 1. The molecule has 1 aromatic carbocycles. The van der Waals surface area contributed by atoms with Gasteiger partial charge in [-0.1, -0.05) is 18.2 Å². The first-order valence-corrected chi connectivity index (χ1v) is 11.4. The molecule has 8 heteroatoms. The van der Waals surface area contributed by atoms with Crippen LogP contribution in [0, 0.1) is 0 Å². The third-order valence-electron chi connectivity index (χ3n) is 5.71. The van der Waals surface area contributed by atoms with Crippen molar-refractivity contribution >= 4 is 23.4 Å². The van der Waals surface area contributed by atoms with E-state index in [0.717, 1.165) is 74.4 Å². The fourth-order valence-electron chi connectivity index (χ4n) is 4.02. The molecule has 2 aliphatic heterocycles. The van der Waals surface area contributed by atoms with Crippen LogP contribution in [0.2, 0.25) is 0 Å². The second kappa shape index (κ2) is 10.9. The summed E-state index contributed by atoms with van der Waals surface area (Å²) in [5.41, 5.74) is 3.21. The number of benzene rings is 1. The third-order valence-corrected chi connectivity index (χ3v) is 5.71. The van der Waals surface area contributed by atoms with Crippen LogP contribution in [-0.4, -0.2) is 56.2 Å². The van der Waals surface area contributed by atoms with Crippen LogP contribution in [0.15, 0.2) is 47.6 Å². The highest BCUT2D eigenvalue weighted by atomic mass is 16.5.